The number of rotatable bonds is 9. The van der Waals surface area contributed by atoms with Gasteiger partial charge in [0.2, 0.25) is 11.8 Å². The smallest absolute Gasteiger partial charge is 0.331 e. The number of hydrogen-bond acceptors (Lipinski definition) is 5. The molecule has 0 aliphatic carbocycles. The van der Waals surface area contributed by atoms with E-state index < -0.39 is 17.1 Å². The second kappa shape index (κ2) is 11.8. The van der Waals surface area contributed by atoms with Gasteiger partial charge in [0.15, 0.2) is 5.78 Å². The molecule has 0 radical (unpaired) electrons. The van der Waals surface area contributed by atoms with Gasteiger partial charge in [-0.05, 0) is 67.9 Å². The number of anilines is 2. The minimum absolute atomic E-state index is 0.0479. The highest BCUT2D eigenvalue weighted by molar-refractivity contribution is 8.00. The summed E-state index contributed by atoms with van der Waals surface area (Å²) in [7, 11) is 0. The number of hydrogen-bond donors (Lipinski definition) is 3. The molecule has 1 atom stereocenters. The number of amides is 2. The lowest BCUT2D eigenvalue weighted by Crippen LogP contribution is -2.19. The van der Waals surface area contributed by atoms with E-state index in [9.17, 15) is 19.2 Å². The summed E-state index contributed by atoms with van der Waals surface area (Å²) in [6.45, 7) is 2.83. The fraction of sp³-hybridized carbons (Fsp3) is 0.111. The number of thioether (sulfide) groups is 1. The number of benzene rings is 3. The lowest BCUT2D eigenvalue weighted by Gasteiger charge is -2.17. The molecular weight excluding hydrogens is 464 g/mol. The van der Waals surface area contributed by atoms with Gasteiger partial charge in [-0.25, -0.2) is 4.79 Å². The summed E-state index contributed by atoms with van der Waals surface area (Å²) in [5.74, 6) is -1.97. The first-order chi connectivity index (χ1) is 16.7. The molecule has 0 heterocycles. The number of nitrogens with one attached hydrogen (secondary N) is 2. The Morgan fingerprint density at radius 1 is 0.800 bits per heavy atom. The van der Waals surface area contributed by atoms with E-state index in [4.69, 9.17) is 5.11 Å². The van der Waals surface area contributed by atoms with E-state index in [2.05, 4.69) is 10.6 Å². The van der Waals surface area contributed by atoms with Crippen LogP contribution >= 0.6 is 11.8 Å². The van der Waals surface area contributed by atoms with Crippen LogP contribution in [0.1, 0.15) is 35.0 Å². The van der Waals surface area contributed by atoms with E-state index in [1.807, 2.05) is 30.3 Å². The first-order valence-electron chi connectivity index (χ1n) is 10.7. The molecule has 0 bridgehead atoms. The monoisotopic (exact) mass is 488 g/mol. The molecular formula is C27H24N2O5S. The van der Waals surface area contributed by atoms with Crippen molar-refractivity contribution in [1.29, 1.82) is 0 Å². The Hall–Kier alpha value is -4.17. The van der Waals surface area contributed by atoms with Crippen LogP contribution in [-0.2, 0) is 14.4 Å². The fourth-order valence-corrected chi connectivity index (χ4v) is 4.11. The van der Waals surface area contributed by atoms with Crippen LogP contribution in [0.5, 0.6) is 0 Å². The first kappa shape index (κ1) is 25.5. The van der Waals surface area contributed by atoms with Gasteiger partial charge in [0, 0.05) is 33.5 Å². The fourth-order valence-electron chi connectivity index (χ4n) is 3.09. The lowest BCUT2D eigenvalue weighted by molar-refractivity contribution is -0.132. The molecule has 3 aromatic carbocycles. The van der Waals surface area contributed by atoms with Crippen molar-refractivity contribution < 1.29 is 24.3 Å². The van der Waals surface area contributed by atoms with Crippen molar-refractivity contribution in [3.05, 3.63) is 102 Å². The second-order valence-corrected chi connectivity index (χ2v) is 8.86. The zero-order chi connectivity index (χ0) is 25.4. The Morgan fingerprint density at radius 2 is 1.37 bits per heavy atom. The van der Waals surface area contributed by atoms with Crippen LogP contribution in [0, 0.1) is 0 Å². The molecule has 3 aromatic rings. The van der Waals surface area contributed by atoms with Gasteiger partial charge in [-0.15, -0.1) is 11.8 Å². The van der Waals surface area contributed by atoms with E-state index in [1.54, 1.807) is 48.5 Å². The number of carboxylic acids is 1. The standard InChI is InChI=1S/C27H24N2O5S/c1-17(27(33)34)16-24(31)28-21-12-14-23(15-13-21)35-25(20-6-4-3-5-7-20)26(32)29-22-10-8-19(9-11-22)18(2)30/h3-16,25H,1-2H3,(H,28,31)(H,29,32)(H,33,34)/b17-16+/t25-/m0/s1. The van der Waals surface area contributed by atoms with Crippen LogP contribution in [0.4, 0.5) is 11.4 Å². The summed E-state index contributed by atoms with van der Waals surface area (Å²) in [5, 5.41) is 13.9. The highest BCUT2D eigenvalue weighted by Gasteiger charge is 2.22. The summed E-state index contributed by atoms with van der Waals surface area (Å²) in [5.41, 5.74) is 2.41. The van der Waals surface area contributed by atoms with Gasteiger partial charge < -0.3 is 15.7 Å². The third-order valence-corrected chi connectivity index (χ3v) is 6.23. The van der Waals surface area contributed by atoms with Crippen LogP contribution in [0.3, 0.4) is 0 Å². The quantitative estimate of drug-likeness (QED) is 0.213. The van der Waals surface area contributed by atoms with Crippen molar-refractivity contribution in [2.24, 2.45) is 0 Å². The minimum atomic E-state index is -1.16. The molecule has 35 heavy (non-hydrogen) atoms. The number of ketones is 1. The molecule has 0 fully saturated rings. The van der Waals surface area contributed by atoms with Gasteiger partial charge in [0.25, 0.3) is 0 Å². The van der Waals surface area contributed by atoms with Gasteiger partial charge in [-0.3, -0.25) is 14.4 Å². The maximum atomic E-state index is 13.2. The topological polar surface area (TPSA) is 113 Å². The normalized spacial score (nSPS) is 11.9. The summed E-state index contributed by atoms with van der Waals surface area (Å²) in [4.78, 5) is 48.3. The molecule has 8 heteroatoms. The molecule has 0 spiro atoms. The van der Waals surface area contributed by atoms with Gasteiger partial charge in [0.05, 0.1) is 0 Å². The lowest BCUT2D eigenvalue weighted by atomic mass is 10.1. The van der Waals surface area contributed by atoms with Crippen LogP contribution in [0.25, 0.3) is 0 Å². The molecule has 3 rings (SSSR count). The minimum Gasteiger partial charge on any atom is -0.478 e. The van der Waals surface area contributed by atoms with E-state index in [1.165, 1.54) is 25.6 Å². The number of aliphatic carboxylic acids is 1. The van der Waals surface area contributed by atoms with Gasteiger partial charge in [0.1, 0.15) is 5.25 Å². The molecule has 3 N–H and O–H groups in total. The second-order valence-electron chi connectivity index (χ2n) is 7.68. The third-order valence-electron chi connectivity index (χ3n) is 4.96. The van der Waals surface area contributed by atoms with E-state index in [0.29, 0.717) is 16.9 Å². The Bertz CT molecular complexity index is 1250. The first-order valence-corrected chi connectivity index (χ1v) is 11.6. The van der Waals surface area contributed by atoms with Crippen molar-refractivity contribution in [3.63, 3.8) is 0 Å². The summed E-state index contributed by atoms with van der Waals surface area (Å²) in [6, 6.07) is 23.0. The zero-order valence-electron chi connectivity index (χ0n) is 19.1. The molecule has 0 aliphatic rings. The Kier molecular flexibility index (Phi) is 8.58. The maximum absolute atomic E-state index is 13.2. The highest BCUT2D eigenvalue weighted by atomic mass is 32.2. The Labute approximate surface area is 207 Å². The van der Waals surface area contributed by atoms with Crippen LogP contribution < -0.4 is 10.6 Å². The molecule has 178 valence electrons. The van der Waals surface area contributed by atoms with Crippen molar-refractivity contribution in [2.75, 3.05) is 10.6 Å². The predicted octanol–water partition coefficient (Wildman–Crippen LogP) is 5.33. The summed E-state index contributed by atoms with van der Waals surface area (Å²) in [6.07, 6.45) is 1.02. The largest absolute Gasteiger partial charge is 0.478 e. The average molecular weight is 489 g/mol. The number of Topliss-reactive ketones (excluding diaryl/α,β-unsaturated/α-hetero) is 1. The van der Waals surface area contributed by atoms with Crippen molar-refractivity contribution >= 4 is 46.7 Å². The Morgan fingerprint density at radius 3 is 1.94 bits per heavy atom. The number of carbonyl (C=O) groups excluding carboxylic acids is 3. The summed E-state index contributed by atoms with van der Waals surface area (Å²) >= 11 is 1.35. The van der Waals surface area contributed by atoms with E-state index in [0.717, 1.165) is 16.5 Å². The third kappa shape index (κ3) is 7.41. The highest BCUT2D eigenvalue weighted by Crippen LogP contribution is 2.36. The van der Waals surface area contributed by atoms with Crippen molar-refractivity contribution in [2.45, 2.75) is 24.0 Å². The van der Waals surface area contributed by atoms with Crippen LogP contribution in [0.15, 0.2) is 95.4 Å². The number of carboxylic acid groups (broad SMARTS) is 1. The molecule has 0 saturated heterocycles. The molecule has 0 unspecified atom stereocenters. The van der Waals surface area contributed by atoms with E-state index in [-0.39, 0.29) is 17.3 Å². The molecule has 0 aromatic heterocycles. The molecule has 0 aliphatic heterocycles. The predicted molar refractivity (Wildman–Crippen MR) is 137 cm³/mol. The summed E-state index contributed by atoms with van der Waals surface area (Å²) < 4.78 is 0. The van der Waals surface area contributed by atoms with Crippen molar-refractivity contribution in [3.8, 4) is 0 Å². The SMILES string of the molecule is CC(=O)c1ccc(NC(=O)[C@@H](Sc2ccc(NC(=O)/C=C(\C)C(=O)O)cc2)c2ccccc2)cc1. The maximum Gasteiger partial charge on any atom is 0.331 e. The van der Waals surface area contributed by atoms with Crippen LogP contribution in [-0.4, -0.2) is 28.7 Å². The Balaban J connectivity index is 1.74. The van der Waals surface area contributed by atoms with Gasteiger partial charge >= 0.3 is 5.97 Å². The van der Waals surface area contributed by atoms with E-state index >= 15 is 0 Å². The average Bonchev–Trinajstić information content (AvgIpc) is 2.84. The zero-order valence-corrected chi connectivity index (χ0v) is 20.0. The molecule has 7 nitrogen and oxygen atoms in total. The van der Waals surface area contributed by atoms with Crippen molar-refractivity contribution in [1.82, 2.24) is 0 Å². The van der Waals surface area contributed by atoms with Gasteiger partial charge in [-0.2, -0.15) is 0 Å². The van der Waals surface area contributed by atoms with Crippen LogP contribution in [0.2, 0.25) is 0 Å². The molecule has 2 amide bonds. The van der Waals surface area contributed by atoms with Gasteiger partial charge in [-0.1, -0.05) is 30.3 Å². The number of carbonyl (C=O) groups is 4. The molecule has 0 saturated carbocycles.